The van der Waals surface area contributed by atoms with Gasteiger partial charge in [-0.05, 0) is 12.8 Å². The average Bonchev–Trinajstić information content (AvgIpc) is 2.95. The predicted octanol–water partition coefficient (Wildman–Crippen LogP) is 0.135. The Balaban J connectivity index is 1.46. The summed E-state index contributed by atoms with van der Waals surface area (Å²) in [6, 6.07) is 0.0800. The lowest BCUT2D eigenvalue weighted by Crippen LogP contribution is -2.50. The predicted molar refractivity (Wildman–Crippen MR) is 73.0 cm³/mol. The molecule has 2 aromatic heterocycles. The van der Waals surface area contributed by atoms with Crippen molar-refractivity contribution in [2.45, 2.75) is 29.7 Å². The monoisotopic (exact) mass is 308 g/mol. The molecule has 21 heavy (non-hydrogen) atoms. The van der Waals surface area contributed by atoms with Crippen LogP contribution in [0.3, 0.4) is 0 Å². The van der Waals surface area contributed by atoms with E-state index in [0.717, 1.165) is 5.69 Å². The van der Waals surface area contributed by atoms with Crippen molar-refractivity contribution in [3.05, 3.63) is 24.3 Å². The lowest BCUT2D eigenvalue weighted by atomic mass is 10.2. The molecule has 1 aliphatic heterocycles. The Labute approximate surface area is 122 Å². The first-order chi connectivity index (χ1) is 10.0. The van der Waals surface area contributed by atoms with Crippen LogP contribution < -0.4 is 0 Å². The van der Waals surface area contributed by atoms with E-state index in [1.165, 1.54) is 34.2 Å². The topological polar surface area (TPSA) is 85.9 Å². The molecule has 0 aromatic carbocycles. The second kappa shape index (κ2) is 4.38. The van der Waals surface area contributed by atoms with Crippen molar-refractivity contribution in [3.63, 3.8) is 0 Å². The Morgan fingerprint density at radius 2 is 2.00 bits per heavy atom. The number of hydrogen-bond donors (Lipinski definition) is 0. The van der Waals surface area contributed by atoms with E-state index in [-0.39, 0.29) is 10.9 Å². The van der Waals surface area contributed by atoms with E-state index < -0.39 is 10.0 Å². The molecule has 2 fully saturated rings. The molecule has 0 radical (unpaired) electrons. The summed E-state index contributed by atoms with van der Waals surface area (Å²) in [6.45, 7) is 0.870. The molecule has 1 saturated heterocycles. The zero-order valence-corrected chi connectivity index (χ0v) is 12.4. The fraction of sp³-hybridized carbons (Fsp3) is 0.583. The van der Waals surface area contributed by atoms with Crippen molar-refractivity contribution in [2.75, 3.05) is 13.1 Å². The standard InChI is InChI=1S/C12H16N6O2S/c1-16-7-11(4-13-16)21(19,20)17-5-10(6-17)18-8-12(14-15-18)9-2-3-9/h4,7-10H,2-3,5-6H2,1H3. The van der Waals surface area contributed by atoms with Gasteiger partial charge in [0.1, 0.15) is 4.90 Å². The van der Waals surface area contributed by atoms with Crippen LogP contribution in [0.4, 0.5) is 0 Å². The van der Waals surface area contributed by atoms with E-state index in [4.69, 9.17) is 0 Å². The van der Waals surface area contributed by atoms with E-state index in [1.807, 2.05) is 6.20 Å². The first-order valence-corrected chi connectivity index (χ1v) is 8.38. The molecule has 9 heteroatoms. The van der Waals surface area contributed by atoms with Gasteiger partial charge in [0, 0.05) is 38.4 Å². The van der Waals surface area contributed by atoms with Gasteiger partial charge in [-0.1, -0.05) is 5.21 Å². The normalized spacial score (nSPS) is 20.6. The van der Waals surface area contributed by atoms with Crippen LogP contribution in [0.1, 0.15) is 30.5 Å². The second-order valence-corrected chi connectivity index (χ2v) is 7.66. The minimum atomic E-state index is -3.43. The van der Waals surface area contributed by atoms with E-state index in [0.29, 0.717) is 19.0 Å². The van der Waals surface area contributed by atoms with Gasteiger partial charge in [0.05, 0.1) is 17.9 Å². The summed E-state index contributed by atoms with van der Waals surface area (Å²) in [5.74, 6) is 0.564. The second-order valence-electron chi connectivity index (χ2n) is 5.72. The van der Waals surface area contributed by atoms with E-state index in [1.54, 1.807) is 11.7 Å². The van der Waals surface area contributed by atoms with Gasteiger partial charge in [0.25, 0.3) is 0 Å². The van der Waals surface area contributed by atoms with E-state index in [2.05, 4.69) is 15.4 Å². The summed E-state index contributed by atoms with van der Waals surface area (Å²) in [5, 5.41) is 12.2. The number of aromatic nitrogens is 5. The molecule has 0 atom stereocenters. The van der Waals surface area contributed by atoms with Crippen LogP contribution in [-0.2, 0) is 17.1 Å². The summed E-state index contributed by atoms with van der Waals surface area (Å²) in [5.41, 5.74) is 1.03. The molecule has 0 bridgehead atoms. The van der Waals surface area contributed by atoms with Crippen molar-refractivity contribution >= 4 is 10.0 Å². The maximum absolute atomic E-state index is 12.4. The highest BCUT2D eigenvalue weighted by Crippen LogP contribution is 2.39. The SMILES string of the molecule is Cn1cc(S(=O)(=O)N2CC(n3cc(C4CC4)nn3)C2)cn1. The van der Waals surface area contributed by atoms with Crippen LogP contribution in [0.15, 0.2) is 23.5 Å². The number of rotatable bonds is 4. The molecule has 0 spiro atoms. The molecule has 4 rings (SSSR count). The molecule has 0 amide bonds. The summed E-state index contributed by atoms with van der Waals surface area (Å²) < 4.78 is 29.4. The first kappa shape index (κ1) is 13.0. The third kappa shape index (κ3) is 2.16. The van der Waals surface area contributed by atoms with Gasteiger partial charge in [-0.3, -0.25) is 4.68 Å². The van der Waals surface area contributed by atoms with Crippen LogP contribution in [0.2, 0.25) is 0 Å². The summed E-state index contributed by atoms with van der Waals surface area (Å²) in [6.07, 6.45) is 7.22. The highest BCUT2D eigenvalue weighted by Gasteiger charge is 2.39. The average molecular weight is 308 g/mol. The Hall–Kier alpha value is -1.74. The minimum Gasteiger partial charge on any atom is -0.274 e. The highest BCUT2D eigenvalue weighted by molar-refractivity contribution is 7.89. The van der Waals surface area contributed by atoms with Crippen LogP contribution in [-0.4, -0.2) is 50.6 Å². The summed E-state index contributed by atoms with van der Waals surface area (Å²) >= 11 is 0. The van der Waals surface area contributed by atoms with Crippen molar-refractivity contribution in [2.24, 2.45) is 7.05 Å². The fourth-order valence-corrected chi connectivity index (χ4v) is 4.00. The van der Waals surface area contributed by atoms with Gasteiger partial charge >= 0.3 is 0 Å². The third-order valence-electron chi connectivity index (χ3n) is 4.05. The number of nitrogens with zero attached hydrogens (tertiary/aromatic N) is 6. The van der Waals surface area contributed by atoms with Crippen molar-refractivity contribution in [1.82, 2.24) is 29.1 Å². The summed E-state index contributed by atoms with van der Waals surface area (Å²) in [4.78, 5) is 0.237. The van der Waals surface area contributed by atoms with Gasteiger partial charge in [-0.2, -0.15) is 9.40 Å². The number of sulfonamides is 1. The van der Waals surface area contributed by atoms with Gasteiger partial charge in [0.2, 0.25) is 10.0 Å². The molecule has 1 aliphatic carbocycles. The van der Waals surface area contributed by atoms with E-state index in [9.17, 15) is 8.42 Å². The minimum absolute atomic E-state index is 0.0800. The smallest absolute Gasteiger partial charge is 0.246 e. The molecule has 0 N–H and O–H groups in total. The Morgan fingerprint density at radius 1 is 1.24 bits per heavy atom. The van der Waals surface area contributed by atoms with Crippen molar-refractivity contribution in [3.8, 4) is 0 Å². The van der Waals surface area contributed by atoms with Crippen LogP contribution in [0.25, 0.3) is 0 Å². The van der Waals surface area contributed by atoms with E-state index >= 15 is 0 Å². The van der Waals surface area contributed by atoms with Crippen LogP contribution in [0, 0.1) is 0 Å². The molecule has 8 nitrogen and oxygen atoms in total. The molecule has 2 aliphatic rings. The zero-order valence-electron chi connectivity index (χ0n) is 11.6. The fourth-order valence-electron chi connectivity index (χ4n) is 2.50. The molecule has 3 heterocycles. The van der Waals surface area contributed by atoms with Crippen LogP contribution in [0.5, 0.6) is 0 Å². The van der Waals surface area contributed by atoms with Crippen molar-refractivity contribution < 1.29 is 8.42 Å². The Morgan fingerprint density at radius 3 is 2.62 bits per heavy atom. The van der Waals surface area contributed by atoms with Gasteiger partial charge < -0.3 is 0 Å². The number of hydrogen-bond acceptors (Lipinski definition) is 5. The summed E-state index contributed by atoms with van der Waals surface area (Å²) in [7, 11) is -1.73. The Bertz CT molecular complexity index is 769. The molecule has 1 saturated carbocycles. The molecular weight excluding hydrogens is 292 g/mol. The molecular formula is C12H16N6O2S. The van der Waals surface area contributed by atoms with Crippen molar-refractivity contribution in [1.29, 1.82) is 0 Å². The maximum atomic E-state index is 12.4. The lowest BCUT2D eigenvalue weighted by Gasteiger charge is -2.37. The largest absolute Gasteiger partial charge is 0.274 e. The Kier molecular flexibility index (Phi) is 2.70. The highest BCUT2D eigenvalue weighted by atomic mass is 32.2. The van der Waals surface area contributed by atoms with Crippen LogP contribution >= 0.6 is 0 Å². The van der Waals surface area contributed by atoms with Gasteiger partial charge in [-0.15, -0.1) is 5.10 Å². The molecule has 2 aromatic rings. The van der Waals surface area contributed by atoms with Gasteiger partial charge in [-0.25, -0.2) is 13.1 Å². The van der Waals surface area contributed by atoms with Gasteiger partial charge in [0.15, 0.2) is 0 Å². The lowest BCUT2D eigenvalue weighted by molar-refractivity contribution is 0.189. The zero-order chi connectivity index (χ0) is 14.6. The first-order valence-electron chi connectivity index (χ1n) is 6.94. The quantitative estimate of drug-likeness (QED) is 0.801. The number of aryl methyl sites for hydroxylation is 1. The maximum Gasteiger partial charge on any atom is 0.246 e. The molecule has 112 valence electrons. The third-order valence-corrected chi connectivity index (χ3v) is 5.83. The molecule has 0 unspecified atom stereocenters.